The molecule has 28 heavy (non-hydrogen) atoms. The largest absolute Gasteiger partial charge is 0.394 e. The van der Waals surface area contributed by atoms with E-state index < -0.39 is 37.3 Å². The fraction of sp³-hybridized carbons (Fsp3) is 1.00. The van der Waals surface area contributed by atoms with Crippen LogP contribution in [0.3, 0.4) is 0 Å². The molecule has 1 heterocycles. The first-order chi connectivity index (χ1) is 13.5. The first kappa shape index (κ1) is 25.8. The number of rotatable bonds is 16. The molecule has 0 saturated carbocycles. The monoisotopic (exact) mass is 404 g/mol. The molecule has 1 aliphatic heterocycles. The van der Waals surface area contributed by atoms with Crippen molar-refractivity contribution in [2.75, 3.05) is 6.61 Å². The van der Waals surface area contributed by atoms with Crippen molar-refractivity contribution in [2.24, 2.45) is 0 Å². The second kappa shape index (κ2) is 15.6. The summed E-state index contributed by atoms with van der Waals surface area (Å²) in [5.41, 5.74) is 0. The molecule has 1 rings (SSSR count). The summed E-state index contributed by atoms with van der Waals surface area (Å²) in [5, 5.41) is 39.5. The van der Waals surface area contributed by atoms with E-state index in [0.29, 0.717) is 0 Å². The van der Waals surface area contributed by atoms with Gasteiger partial charge in [-0.15, -0.1) is 0 Å². The van der Waals surface area contributed by atoms with Gasteiger partial charge in [0, 0.05) is 0 Å². The lowest BCUT2D eigenvalue weighted by atomic mass is 9.98. The summed E-state index contributed by atoms with van der Waals surface area (Å²) >= 11 is 0. The zero-order chi connectivity index (χ0) is 20.8. The Kier molecular flexibility index (Phi) is 14.4. The Morgan fingerprint density at radius 1 is 0.714 bits per heavy atom. The average molecular weight is 405 g/mol. The third-order valence-electron chi connectivity index (χ3n) is 5.68. The molecule has 6 atom stereocenters. The Balaban J connectivity index is 2.48. The van der Waals surface area contributed by atoms with Crippen molar-refractivity contribution in [3.05, 3.63) is 0 Å². The van der Waals surface area contributed by atoms with Gasteiger partial charge >= 0.3 is 0 Å². The van der Waals surface area contributed by atoms with E-state index in [4.69, 9.17) is 9.47 Å². The van der Waals surface area contributed by atoms with Gasteiger partial charge < -0.3 is 29.9 Å². The molecular formula is C22H44O6. The molecule has 0 spiro atoms. The number of hydrogen-bond acceptors (Lipinski definition) is 6. The Morgan fingerprint density at radius 2 is 1.21 bits per heavy atom. The quantitative estimate of drug-likeness (QED) is 0.295. The van der Waals surface area contributed by atoms with Crippen LogP contribution >= 0.6 is 0 Å². The minimum Gasteiger partial charge on any atom is -0.394 e. The first-order valence-corrected chi connectivity index (χ1v) is 11.5. The van der Waals surface area contributed by atoms with Crippen LogP contribution in [0.5, 0.6) is 0 Å². The highest BCUT2D eigenvalue weighted by Crippen LogP contribution is 2.26. The Bertz CT molecular complexity index is 365. The number of hydrogen-bond donors (Lipinski definition) is 4. The second-order valence-electron chi connectivity index (χ2n) is 8.21. The van der Waals surface area contributed by atoms with Gasteiger partial charge in [0.05, 0.1) is 12.7 Å². The van der Waals surface area contributed by atoms with Gasteiger partial charge in [-0.1, -0.05) is 84.5 Å². The normalized spacial score (nSPS) is 29.1. The van der Waals surface area contributed by atoms with Crippen LogP contribution in [0, 0.1) is 0 Å². The minimum absolute atomic E-state index is 0.0473. The van der Waals surface area contributed by atoms with Gasteiger partial charge in [-0.25, -0.2) is 0 Å². The van der Waals surface area contributed by atoms with Crippen molar-refractivity contribution in [3.8, 4) is 0 Å². The van der Waals surface area contributed by atoms with E-state index in [1.54, 1.807) is 0 Å². The molecule has 168 valence electrons. The molecule has 0 radical (unpaired) electrons. The average Bonchev–Trinajstić information content (AvgIpc) is 2.70. The van der Waals surface area contributed by atoms with Gasteiger partial charge in [0.15, 0.2) is 6.29 Å². The lowest BCUT2D eigenvalue weighted by molar-refractivity contribution is -0.312. The topological polar surface area (TPSA) is 99.4 Å². The first-order valence-electron chi connectivity index (χ1n) is 11.5. The zero-order valence-electron chi connectivity index (χ0n) is 18.0. The Hall–Kier alpha value is -0.240. The number of aliphatic hydroxyl groups is 4. The third kappa shape index (κ3) is 9.51. The maximum atomic E-state index is 10.2. The third-order valence-corrected chi connectivity index (χ3v) is 5.68. The molecule has 1 saturated heterocycles. The van der Waals surface area contributed by atoms with Crippen LogP contribution in [0.2, 0.25) is 0 Å². The maximum absolute atomic E-state index is 10.2. The smallest absolute Gasteiger partial charge is 0.186 e. The molecule has 1 fully saturated rings. The van der Waals surface area contributed by atoms with Crippen molar-refractivity contribution in [1.29, 1.82) is 0 Å². The molecular weight excluding hydrogens is 360 g/mol. The van der Waals surface area contributed by atoms with Gasteiger partial charge in [0.25, 0.3) is 0 Å². The van der Waals surface area contributed by atoms with E-state index in [-0.39, 0.29) is 6.10 Å². The maximum Gasteiger partial charge on any atom is 0.186 e. The summed E-state index contributed by atoms with van der Waals surface area (Å²) in [4.78, 5) is 0. The van der Waals surface area contributed by atoms with Gasteiger partial charge in [-0.3, -0.25) is 0 Å². The van der Waals surface area contributed by atoms with Crippen LogP contribution in [0.4, 0.5) is 0 Å². The van der Waals surface area contributed by atoms with Crippen LogP contribution in [0.1, 0.15) is 97.3 Å². The van der Waals surface area contributed by atoms with Gasteiger partial charge in [0.1, 0.15) is 24.4 Å². The second-order valence-corrected chi connectivity index (χ2v) is 8.21. The minimum atomic E-state index is -1.38. The van der Waals surface area contributed by atoms with E-state index in [2.05, 4.69) is 13.8 Å². The van der Waals surface area contributed by atoms with Crippen LogP contribution in [0.15, 0.2) is 0 Å². The van der Waals surface area contributed by atoms with Crippen molar-refractivity contribution in [3.63, 3.8) is 0 Å². The summed E-state index contributed by atoms with van der Waals surface area (Å²) in [6.45, 7) is 3.98. The summed E-state index contributed by atoms with van der Waals surface area (Å²) in [7, 11) is 0. The number of unbranched alkanes of at least 4 members (excludes halogenated alkanes) is 9. The molecule has 0 aliphatic carbocycles. The predicted molar refractivity (Wildman–Crippen MR) is 110 cm³/mol. The van der Waals surface area contributed by atoms with E-state index in [1.165, 1.54) is 51.4 Å². The Labute approximate surface area is 171 Å². The number of ether oxygens (including phenoxy) is 2. The molecule has 0 bridgehead atoms. The lowest BCUT2D eigenvalue weighted by Gasteiger charge is -2.41. The summed E-state index contributed by atoms with van der Waals surface area (Å²) in [5.74, 6) is 0. The highest BCUT2D eigenvalue weighted by atomic mass is 16.7. The van der Waals surface area contributed by atoms with E-state index >= 15 is 0 Å². The number of aliphatic hydroxyl groups excluding tert-OH is 4. The summed E-state index contributed by atoms with van der Waals surface area (Å²) in [6.07, 6.45) is 9.00. The highest BCUT2D eigenvalue weighted by molar-refractivity contribution is 4.89. The van der Waals surface area contributed by atoms with Crippen LogP contribution in [0.25, 0.3) is 0 Å². The van der Waals surface area contributed by atoms with E-state index in [0.717, 1.165) is 32.1 Å². The van der Waals surface area contributed by atoms with Crippen molar-refractivity contribution < 1.29 is 29.9 Å². The van der Waals surface area contributed by atoms with Gasteiger partial charge in [-0.05, 0) is 12.8 Å². The lowest BCUT2D eigenvalue weighted by Crippen LogP contribution is -2.59. The van der Waals surface area contributed by atoms with Gasteiger partial charge in [-0.2, -0.15) is 0 Å². The van der Waals surface area contributed by atoms with E-state index in [9.17, 15) is 20.4 Å². The molecule has 2 unspecified atom stereocenters. The summed E-state index contributed by atoms with van der Waals surface area (Å²) in [6, 6.07) is 0. The van der Waals surface area contributed by atoms with Crippen molar-refractivity contribution in [2.45, 2.75) is 134 Å². The van der Waals surface area contributed by atoms with Crippen LogP contribution < -0.4 is 0 Å². The molecule has 0 amide bonds. The molecule has 0 aromatic rings. The van der Waals surface area contributed by atoms with E-state index in [1.807, 2.05) is 0 Å². The van der Waals surface area contributed by atoms with Crippen molar-refractivity contribution >= 4 is 0 Å². The SMILES string of the molecule is CCCCCCCCCC(CCCCCC)OC1O[C@H](CO)[C@@H](O)[C@H](O)[C@H]1O. The van der Waals surface area contributed by atoms with Crippen LogP contribution in [-0.4, -0.2) is 63.8 Å². The molecule has 0 aromatic carbocycles. The van der Waals surface area contributed by atoms with Crippen molar-refractivity contribution in [1.82, 2.24) is 0 Å². The summed E-state index contributed by atoms with van der Waals surface area (Å²) < 4.78 is 11.6. The fourth-order valence-electron chi connectivity index (χ4n) is 3.78. The predicted octanol–water partition coefficient (Wildman–Crippen LogP) is 3.28. The molecule has 6 heteroatoms. The van der Waals surface area contributed by atoms with Crippen LogP contribution in [-0.2, 0) is 9.47 Å². The molecule has 0 aromatic heterocycles. The Morgan fingerprint density at radius 3 is 1.75 bits per heavy atom. The highest BCUT2D eigenvalue weighted by Gasteiger charge is 2.44. The van der Waals surface area contributed by atoms with Gasteiger partial charge in [0.2, 0.25) is 0 Å². The molecule has 1 aliphatic rings. The fourth-order valence-corrected chi connectivity index (χ4v) is 3.78. The molecule has 4 N–H and O–H groups in total. The molecule has 6 nitrogen and oxygen atoms in total. The standard InChI is InChI=1S/C22H44O6/c1-3-5-7-9-10-11-13-15-17(14-12-8-6-4-2)27-22-21(26)20(25)19(24)18(16-23)28-22/h17-26H,3-16H2,1-2H3/t17?,18-,19-,20+,21-,22?/m1/s1. The zero-order valence-corrected chi connectivity index (χ0v) is 18.0.